The second kappa shape index (κ2) is 6.10. The first-order valence-electron chi connectivity index (χ1n) is 7.30. The van der Waals surface area contributed by atoms with E-state index in [4.69, 9.17) is 9.47 Å². The monoisotopic (exact) mass is 297 g/mol. The summed E-state index contributed by atoms with van der Waals surface area (Å²) in [6.07, 6.45) is 1.87. The minimum Gasteiger partial charge on any atom is -0.493 e. The van der Waals surface area contributed by atoms with Crippen molar-refractivity contribution in [3.8, 4) is 11.5 Å². The van der Waals surface area contributed by atoms with Crippen molar-refractivity contribution in [1.29, 1.82) is 0 Å². The van der Waals surface area contributed by atoms with Crippen LogP contribution in [0.3, 0.4) is 0 Å². The standard InChI is InChI=1S/C18H19NO3/c1-21-17-10-13-8-9-19(14-6-4-3-5-7-14)16(12-20)15(13)11-18(17)22-2/h3-7,10-12,16H,8-9H2,1-2H3. The second-order valence-electron chi connectivity index (χ2n) is 5.27. The molecule has 0 aromatic heterocycles. The molecule has 0 saturated heterocycles. The number of ether oxygens (including phenoxy) is 2. The summed E-state index contributed by atoms with van der Waals surface area (Å²) >= 11 is 0. The van der Waals surface area contributed by atoms with Gasteiger partial charge in [0.2, 0.25) is 0 Å². The predicted molar refractivity (Wildman–Crippen MR) is 85.8 cm³/mol. The molecule has 0 N–H and O–H groups in total. The number of para-hydroxylation sites is 1. The number of fused-ring (bicyclic) bond motifs is 1. The lowest BCUT2D eigenvalue weighted by Crippen LogP contribution is -2.36. The van der Waals surface area contributed by atoms with E-state index in [0.29, 0.717) is 11.5 Å². The highest BCUT2D eigenvalue weighted by molar-refractivity contribution is 5.72. The van der Waals surface area contributed by atoms with E-state index in [-0.39, 0.29) is 6.04 Å². The average molecular weight is 297 g/mol. The Bertz CT molecular complexity index is 670. The van der Waals surface area contributed by atoms with Gasteiger partial charge in [-0.25, -0.2) is 0 Å². The van der Waals surface area contributed by atoms with Crippen molar-refractivity contribution in [2.45, 2.75) is 12.5 Å². The molecule has 0 aliphatic carbocycles. The van der Waals surface area contributed by atoms with Crippen LogP contribution in [0.4, 0.5) is 5.69 Å². The number of rotatable bonds is 4. The third kappa shape index (κ3) is 2.41. The van der Waals surface area contributed by atoms with Crippen LogP contribution in [0.15, 0.2) is 42.5 Å². The molecule has 1 aliphatic heterocycles. The Labute approximate surface area is 130 Å². The number of nitrogens with zero attached hydrogens (tertiary/aromatic N) is 1. The first-order chi connectivity index (χ1) is 10.8. The molecule has 0 spiro atoms. The van der Waals surface area contributed by atoms with Gasteiger partial charge < -0.3 is 19.2 Å². The normalized spacial score (nSPS) is 16.8. The number of hydrogen-bond donors (Lipinski definition) is 0. The third-order valence-electron chi connectivity index (χ3n) is 4.14. The quantitative estimate of drug-likeness (QED) is 0.813. The molecule has 2 aromatic carbocycles. The molecular formula is C18H19NO3. The van der Waals surface area contributed by atoms with E-state index >= 15 is 0 Å². The van der Waals surface area contributed by atoms with E-state index in [1.807, 2.05) is 42.5 Å². The number of methoxy groups -OCH3 is 2. The molecule has 1 heterocycles. The van der Waals surface area contributed by atoms with Gasteiger partial charge in [0.25, 0.3) is 0 Å². The summed E-state index contributed by atoms with van der Waals surface area (Å²) in [4.78, 5) is 13.9. The molecule has 1 aliphatic rings. The number of benzene rings is 2. The van der Waals surface area contributed by atoms with Gasteiger partial charge in [-0.1, -0.05) is 18.2 Å². The lowest BCUT2D eigenvalue weighted by Gasteiger charge is -2.36. The minimum absolute atomic E-state index is 0.300. The number of carbonyl (C=O) groups excluding carboxylic acids is 1. The van der Waals surface area contributed by atoms with Gasteiger partial charge >= 0.3 is 0 Å². The van der Waals surface area contributed by atoms with E-state index in [1.165, 1.54) is 0 Å². The summed E-state index contributed by atoms with van der Waals surface area (Å²) in [5.41, 5.74) is 3.18. The molecule has 0 fully saturated rings. The molecule has 3 rings (SSSR count). The van der Waals surface area contributed by atoms with Crippen molar-refractivity contribution in [3.05, 3.63) is 53.6 Å². The van der Waals surface area contributed by atoms with Gasteiger partial charge in [-0.2, -0.15) is 0 Å². The molecular weight excluding hydrogens is 278 g/mol. The first-order valence-corrected chi connectivity index (χ1v) is 7.30. The van der Waals surface area contributed by atoms with Crippen LogP contribution in [0.5, 0.6) is 11.5 Å². The zero-order valence-corrected chi connectivity index (χ0v) is 12.8. The van der Waals surface area contributed by atoms with Crippen molar-refractivity contribution in [2.75, 3.05) is 25.7 Å². The summed E-state index contributed by atoms with van der Waals surface area (Å²) in [6.45, 7) is 0.801. The van der Waals surface area contributed by atoms with Gasteiger partial charge in [-0.15, -0.1) is 0 Å². The van der Waals surface area contributed by atoms with Crippen LogP contribution in [0.1, 0.15) is 17.2 Å². The second-order valence-corrected chi connectivity index (χ2v) is 5.27. The maximum atomic E-state index is 11.7. The smallest absolute Gasteiger partial charge is 0.161 e. The topological polar surface area (TPSA) is 38.8 Å². The molecule has 0 radical (unpaired) electrons. The first kappa shape index (κ1) is 14.4. The van der Waals surface area contributed by atoms with E-state index in [9.17, 15) is 4.79 Å². The fourth-order valence-corrected chi connectivity index (χ4v) is 3.03. The Kier molecular flexibility index (Phi) is 4.00. The molecule has 0 bridgehead atoms. The number of anilines is 1. The minimum atomic E-state index is -0.300. The van der Waals surface area contributed by atoms with Crippen molar-refractivity contribution in [1.82, 2.24) is 0 Å². The maximum Gasteiger partial charge on any atom is 0.161 e. The number of carbonyl (C=O) groups is 1. The lowest BCUT2D eigenvalue weighted by molar-refractivity contribution is -0.109. The van der Waals surface area contributed by atoms with Crippen molar-refractivity contribution in [3.63, 3.8) is 0 Å². The molecule has 1 unspecified atom stereocenters. The maximum absolute atomic E-state index is 11.7. The van der Waals surface area contributed by atoms with Crippen molar-refractivity contribution >= 4 is 12.0 Å². The van der Waals surface area contributed by atoms with Gasteiger partial charge in [0, 0.05) is 12.2 Å². The van der Waals surface area contributed by atoms with E-state index in [2.05, 4.69) is 4.90 Å². The Morgan fingerprint density at radius 3 is 2.41 bits per heavy atom. The largest absolute Gasteiger partial charge is 0.493 e. The van der Waals surface area contributed by atoms with E-state index in [1.54, 1.807) is 14.2 Å². The summed E-state index contributed by atoms with van der Waals surface area (Å²) < 4.78 is 10.7. The number of aldehydes is 1. The summed E-state index contributed by atoms with van der Waals surface area (Å²) in [6, 6.07) is 13.6. The number of hydrogen-bond acceptors (Lipinski definition) is 4. The van der Waals surface area contributed by atoms with Gasteiger partial charge in [0.1, 0.15) is 12.3 Å². The summed E-state index contributed by atoms with van der Waals surface area (Å²) in [5.74, 6) is 1.36. The van der Waals surface area contributed by atoms with Gasteiger partial charge in [0.05, 0.1) is 14.2 Å². The molecule has 2 aromatic rings. The summed E-state index contributed by atoms with van der Waals surface area (Å²) in [7, 11) is 3.23. The van der Waals surface area contributed by atoms with E-state index < -0.39 is 0 Å². The molecule has 4 nitrogen and oxygen atoms in total. The molecule has 1 atom stereocenters. The Balaban J connectivity index is 2.05. The molecule has 4 heteroatoms. The van der Waals surface area contributed by atoms with Crippen LogP contribution in [0.25, 0.3) is 0 Å². The van der Waals surface area contributed by atoms with E-state index in [0.717, 1.165) is 36.1 Å². The Morgan fingerprint density at radius 2 is 1.77 bits per heavy atom. The van der Waals surface area contributed by atoms with Gasteiger partial charge in [-0.05, 0) is 41.8 Å². The Morgan fingerprint density at radius 1 is 1.09 bits per heavy atom. The SMILES string of the molecule is COc1cc2c(cc1OC)C(C=O)N(c1ccccc1)CC2. The molecule has 114 valence electrons. The fourth-order valence-electron chi connectivity index (χ4n) is 3.03. The van der Waals surface area contributed by atoms with Crippen LogP contribution >= 0.6 is 0 Å². The highest BCUT2D eigenvalue weighted by Crippen LogP contribution is 2.38. The van der Waals surface area contributed by atoms with Gasteiger partial charge in [-0.3, -0.25) is 0 Å². The van der Waals surface area contributed by atoms with Crippen LogP contribution in [0, 0.1) is 0 Å². The van der Waals surface area contributed by atoms with Gasteiger partial charge in [0.15, 0.2) is 11.5 Å². The van der Waals surface area contributed by atoms with Crippen LogP contribution < -0.4 is 14.4 Å². The lowest BCUT2D eigenvalue weighted by atomic mass is 9.92. The Hall–Kier alpha value is -2.49. The molecule has 22 heavy (non-hydrogen) atoms. The zero-order chi connectivity index (χ0) is 15.5. The highest BCUT2D eigenvalue weighted by Gasteiger charge is 2.28. The zero-order valence-electron chi connectivity index (χ0n) is 12.8. The van der Waals surface area contributed by atoms with Crippen LogP contribution in [-0.4, -0.2) is 27.1 Å². The third-order valence-corrected chi connectivity index (χ3v) is 4.14. The van der Waals surface area contributed by atoms with Crippen LogP contribution in [-0.2, 0) is 11.2 Å². The van der Waals surface area contributed by atoms with Crippen LogP contribution in [0.2, 0.25) is 0 Å². The van der Waals surface area contributed by atoms with Crippen molar-refractivity contribution < 1.29 is 14.3 Å². The fraction of sp³-hybridized carbons (Fsp3) is 0.278. The molecule has 0 saturated carbocycles. The van der Waals surface area contributed by atoms with Crippen molar-refractivity contribution in [2.24, 2.45) is 0 Å². The highest BCUT2D eigenvalue weighted by atomic mass is 16.5. The summed E-state index contributed by atoms with van der Waals surface area (Å²) in [5, 5.41) is 0. The predicted octanol–water partition coefficient (Wildman–Crippen LogP) is 3.01. The average Bonchev–Trinajstić information content (AvgIpc) is 2.60. The molecule has 0 amide bonds.